The first kappa shape index (κ1) is 22.3. The van der Waals surface area contributed by atoms with Crippen LogP contribution in [0.1, 0.15) is 9.67 Å². The fourth-order valence-corrected chi connectivity index (χ4v) is 7.36. The minimum absolute atomic E-state index is 0.0852. The van der Waals surface area contributed by atoms with Gasteiger partial charge in [0.25, 0.3) is 11.6 Å². The number of nitro benzene ring substituents is 1. The summed E-state index contributed by atoms with van der Waals surface area (Å²) < 4.78 is 26.6. The molecular formula is C21H12N4O5S4. The van der Waals surface area contributed by atoms with Crippen LogP contribution in [0.5, 0.6) is 0 Å². The highest BCUT2D eigenvalue weighted by Gasteiger charge is 2.23. The SMILES string of the molecule is O=C(Nc1ncc(S(=O)(=O)c2ccc([N+](=O)[O-])cc2)s1)c1ccc(-c2nc3ccccc3s2)s1. The van der Waals surface area contributed by atoms with Crippen LogP contribution in [0.4, 0.5) is 10.8 Å². The average Bonchev–Trinajstić information content (AvgIpc) is 3.58. The Bertz CT molecular complexity index is 1620. The Hall–Kier alpha value is -3.52. The zero-order chi connectivity index (χ0) is 23.9. The van der Waals surface area contributed by atoms with Crippen molar-refractivity contribution >= 4 is 70.8 Å². The molecule has 13 heteroatoms. The summed E-state index contributed by atoms with van der Waals surface area (Å²) in [6, 6.07) is 15.9. The average molecular weight is 529 g/mol. The summed E-state index contributed by atoms with van der Waals surface area (Å²) in [5, 5.41) is 14.4. The van der Waals surface area contributed by atoms with E-state index in [4.69, 9.17) is 0 Å². The van der Waals surface area contributed by atoms with Crippen LogP contribution in [-0.2, 0) is 9.84 Å². The van der Waals surface area contributed by atoms with Gasteiger partial charge in [0.05, 0.1) is 36.0 Å². The molecule has 2 aromatic carbocycles. The molecule has 0 saturated carbocycles. The lowest BCUT2D eigenvalue weighted by Gasteiger charge is -2.01. The number of hydrogen-bond donors (Lipinski definition) is 1. The third kappa shape index (κ3) is 4.21. The Balaban J connectivity index is 1.32. The fraction of sp³-hybridized carbons (Fsp3) is 0. The lowest BCUT2D eigenvalue weighted by atomic mass is 10.3. The van der Waals surface area contributed by atoms with Gasteiger partial charge in [0, 0.05) is 12.1 Å². The summed E-state index contributed by atoms with van der Waals surface area (Å²) >= 11 is 3.62. The zero-order valence-electron chi connectivity index (χ0n) is 16.9. The van der Waals surface area contributed by atoms with Gasteiger partial charge in [-0.25, -0.2) is 18.4 Å². The molecule has 5 aromatic rings. The highest BCUT2D eigenvalue weighted by Crippen LogP contribution is 2.35. The fourth-order valence-electron chi connectivity index (χ4n) is 3.02. The molecule has 0 atom stereocenters. The Morgan fingerprint density at radius 3 is 2.47 bits per heavy atom. The molecule has 5 rings (SSSR count). The number of amides is 1. The number of fused-ring (bicyclic) bond motifs is 1. The van der Waals surface area contributed by atoms with Crippen molar-refractivity contribution in [1.82, 2.24) is 9.97 Å². The second kappa shape index (κ2) is 8.68. The smallest absolute Gasteiger partial charge is 0.269 e. The predicted octanol–water partition coefficient (Wildman–Crippen LogP) is 5.47. The standard InChI is InChI=1S/C21H12N4O5S4/c26-19(16-9-10-17(31-16)20-23-14-3-1-2-4-15(14)32-20)24-21-22-11-18(33-21)34(29,30)13-7-5-12(6-8-13)25(27)28/h1-11H,(H,22,24,26). The van der Waals surface area contributed by atoms with Gasteiger partial charge in [-0.1, -0.05) is 23.5 Å². The van der Waals surface area contributed by atoms with Crippen LogP contribution in [0.2, 0.25) is 0 Å². The van der Waals surface area contributed by atoms with Crippen molar-refractivity contribution in [2.75, 3.05) is 5.32 Å². The molecule has 0 radical (unpaired) electrons. The predicted molar refractivity (Wildman–Crippen MR) is 132 cm³/mol. The number of aromatic nitrogens is 2. The van der Waals surface area contributed by atoms with Crippen LogP contribution in [-0.4, -0.2) is 29.2 Å². The summed E-state index contributed by atoms with van der Waals surface area (Å²) in [4.78, 5) is 32.7. The molecular weight excluding hydrogens is 517 g/mol. The summed E-state index contributed by atoms with van der Waals surface area (Å²) in [5.74, 6) is -0.411. The molecule has 3 heterocycles. The Morgan fingerprint density at radius 2 is 1.74 bits per heavy atom. The van der Waals surface area contributed by atoms with Gasteiger partial charge in [-0.2, -0.15) is 0 Å². The third-order valence-corrected chi connectivity index (χ3v) is 10.1. The quantitative estimate of drug-likeness (QED) is 0.228. The molecule has 1 N–H and O–H groups in total. The number of carbonyl (C=O) groups is 1. The lowest BCUT2D eigenvalue weighted by molar-refractivity contribution is -0.384. The number of sulfone groups is 1. The second-order valence-corrected chi connectivity index (χ2v) is 12.2. The van der Waals surface area contributed by atoms with E-state index in [0.717, 1.165) is 49.8 Å². The molecule has 0 bridgehead atoms. The van der Waals surface area contributed by atoms with Crippen LogP contribution in [0.25, 0.3) is 20.1 Å². The van der Waals surface area contributed by atoms with E-state index in [1.807, 2.05) is 30.3 Å². The van der Waals surface area contributed by atoms with Crippen LogP contribution in [0.3, 0.4) is 0 Å². The minimum Gasteiger partial charge on any atom is -0.297 e. The largest absolute Gasteiger partial charge is 0.297 e. The molecule has 0 unspecified atom stereocenters. The van der Waals surface area contributed by atoms with Crippen molar-refractivity contribution in [1.29, 1.82) is 0 Å². The Morgan fingerprint density at radius 1 is 0.971 bits per heavy atom. The van der Waals surface area contributed by atoms with Crippen LogP contribution in [0.15, 0.2) is 76.0 Å². The molecule has 0 fully saturated rings. The van der Waals surface area contributed by atoms with E-state index in [9.17, 15) is 23.3 Å². The van der Waals surface area contributed by atoms with Gasteiger partial charge in [0.1, 0.15) is 9.22 Å². The highest BCUT2D eigenvalue weighted by atomic mass is 32.2. The summed E-state index contributed by atoms with van der Waals surface area (Å²) in [6.45, 7) is 0. The number of thiazole rings is 2. The molecule has 9 nitrogen and oxygen atoms in total. The van der Waals surface area contributed by atoms with Gasteiger partial charge in [-0.3, -0.25) is 20.2 Å². The van der Waals surface area contributed by atoms with E-state index >= 15 is 0 Å². The van der Waals surface area contributed by atoms with Gasteiger partial charge in [0.2, 0.25) is 9.84 Å². The molecule has 170 valence electrons. The minimum atomic E-state index is -3.93. The zero-order valence-corrected chi connectivity index (χ0v) is 20.1. The maximum Gasteiger partial charge on any atom is 0.269 e. The van der Waals surface area contributed by atoms with Gasteiger partial charge < -0.3 is 0 Å². The Kier molecular flexibility index (Phi) is 5.69. The van der Waals surface area contributed by atoms with Gasteiger partial charge in [-0.15, -0.1) is 22.7 Å². The van der Waals surface area contributed by atoms with Gasteiger partial charge >= 0.3 is 0 Å². The number of rotatable bonds is 6. The number of benzene rings is 2. The molecule has 3 aromatic heterocycles. The number of thiophene rings is 1. The molecule has 0 saturated heterocycles. The number of anilines is 1. The van der Waals surface area contributed by atoms with Crippen molar-refractivity contribution in [3.8, 4) is 9.88 Å². The third-order valence-electron chi connectivity index (χ3n) is 4.66. The van der Waals surface area contributed by atoms with Crippen LogP contribution < -0.4 is 5.32 Å². The summed E-state index contributed by atoms with van der Waals surface area (Å²) in [5.41, 5.74) is 0.684. The number of non-ortho nitro benzene ring substituents is 1. The van der Waals surface area contributed by atoms with E-state index < -0.39 is 20.7 Å². The van der Waals surface area contributed by atoms with Crippen molar-refractivity contribution in [3.63, 3.8) is 0 Å². The molecule has 0 aliphatic rings. The van der Waals surface area contributed by atoms with E-state index in [0.29, 0.717) is 4.88 Å². The number of para-hydroxylation sites is 1. The normalized spacial score (nSPS) is 11.5. The van der Waals surface area contributed by atoms with Crippen molar-refractivity contribution in [3.05, 3.63) is 81.9 Å². The van der Waals surface area contributed by atoms with Crippen molar-refractivity contribution < 1.29 is 18.1 Å². The summed E-state index contributed by atoms with van der Waals surface area (Å²) in [7, 11) is -3.93. The van der Waals surface area contributed by atoms with E-state index in [1.54, 1.807) is 6.07 Å². The van der Waals surface area contributed by atoms with Crippen molar-refractivity contribution in [2.24, 2.45) is 0 Å². The number of hydrogen-bond acceptors (Lipinski definition) is 10. The first-order valence-electron chi connectivity index (χ1n) is 9.54. The van der Waals surface area contributed by atoms with Crippen LogP contribution in [0, 0.1) is 10.1 Å². The first-order valence-corrected chi connectivity index (χ1v) is 13.5. The topological polar surface area (TPSA) is 132 Å². The van der Waals surface area contributed by atoms with E-state index in [2.05, 4.69) is 15.3 Å². The first-order chi connectivity index (χ1) is 16.3. The second-order valence-electron chi connectivity index (χ2n) is 6.84. The maximum atomic E-state index is 12.8. The molecule has 0 aliphatic carbocycles. The number of nitrogens with one attached hydrogen (secondary N) is 1. The summed E-state index contributed by atoms with van der Waals surface area (Å²) in [6.07, 6.45) is 1.15. The molecule has 34 heavy (non-hydrogen) atoms. The Labute approximate surface area is 204 Å². The monoisotopic (exact) mass is 528 g/mol. The van der Waals surface area contributed by atoms with Gasteiger partial charge in [-0.05, 0) is 36.4 Å². The number of carbonyl (C=O) groups excluding carboxylic acids is 1. The maximum absolute atomic E-state index is 12.8. The van der Waals surface area contributed by atoms with Gasteiger partial charge in [0.15, 0.2) is 5.13 Å². The molecule has 0 spiro atoms. The van der Waals surface area contributed by atoms with E-state index in [-0.39, 0.29) is 19.9 Å². The number of nitro groups is 1. The lowest BCUT2D eigenvalue weighted by Crippen LogP contribution is -2.09. The van der Waals surface area contributed by atoms with E-state index in [1.165, 1.54) is 34.8 Å². The number of nitrogens with zero attached hydrogens (tertiary/aromatic N) is 3. The highest BCUT2D eigenvalue weighted by molar-refractivity contribution is 7.93. The molecule has 0 aliphatic heterocycles. The molecule has 1 amide bonds. The van der Waals surface area contributed by atoms with Crippen LogP contribution >= 0.6 is 34.0 Å². The van der Waals surface area contributed by atoms with Crippen molar-refractivity contribution in [2.45, 2.75) is 9.10 Å².